The Bertz CT molecular complexity index is 892. The van der Waals surface area contributed by atoms with Crippen LogP contribution in [0.2, 0.25) is 4.34 Å². The molecule has 4 nitrogen and oxygen atoms in total. The number of aromatic nitrogens is 2. The molecule has 0 radical (unpaired) electrons. The van der Waals surface area contributed by atoms with Crippen molar-refractivity contribution in [3.05, 3.63) is 61.1 Å². The number of nitrogens with one attached hydrogen (secondary N) is 1. The molecule has 0 bridgehead atoms. The van der Waals surface area contributed by atoms with Crippen molar-refractivity contribution in [1.82, 2.24) is 9.55 Å². The van der Waals surface area contributed by atoms with Crippen molar-refractivity contribution in [1.29, 1.82) is 0 Å². The lowest BCUT2D eigenvalue weighted by molar-refractivity contribution is 0.917. The smallest absolute Gasteiger partial charge is 0.306 e. The highest BCUT2D eigenvalue weighted by atomic mass is 35.5. The number of halogens is 1. The largest absolute Gasteiger partial charge is 0.334 e. The number of benzene rings is 1. The van der Waals surface area contributed by atoms with Gasteiger partial charge in [0.25, 0.3) is 5.56 Å². The van der Waals surface area contributed by atoms with Gasteiger partial charge in [-0.05, 0) is 31.2 Å². The molecule has 0 aliphatic heterocycles. The van der Waals surface area contributed by atoms with Crippen LogP contribution in [0, 0.1) is 6.92 Å². The van der Waals surface area contributed by atoms with Crippen molar-refractivity contribution in [3.8, 4) is 5.00 Å². The fourth-order valence-corrected chi connectivity index (χ4v) is 2.98. The van der Waals surface area contributed by atoms with Gasteiger partial charge in [0.2, 0.25) is 0 Å². The molecule has 0 atom stereocenters. The molecule has 0 aliphatic carbocycles. The first kappa shape index (κ1) is 12.2. The summed E-state index contributed by atoms with van der Waals surface area (Å²) < 4.78 is 1.64. The second kappa shape index (κ2) is 4.36. The number of nitrogens with zero attached hydrogens (tertiary/aromatic N) is 1. The maximum absolute atomic E-state index is 12.4. The number of aryl methyl sites for hydroxylation is 1. The van der Waals surface area contributed by atoms with Gasteiger partial charge in [-0.15, -0.1) is 11.3 Å². The van der Waals surface area contributed by atoms with Crippen LogP contribution in [0.3, 0.4) is 0 Å². The maximum Gasteiger partial charge on any atom is 0.334 e. The van der Waals surface area contributed by atoms with Crippen LogP contribution >= 0.6 is 22.9 Å². The Kier molecular flexibility index (Phi) is 2.80. The zero-order valence-corrected chi connectivity index (χ0v) is 11.5. The highest BCUT2D eigenvalue weighted by Gasteiger charge is 2.11. The molecule has 1 N–H and O–H groups in total. The number of hydrogen-bond acceptors (Lipinski definition) is 3. The molecular weight excluding hydrogens is 284 g/mol. The minimum Gasteiger partial charge on any atom is -0.306 e. The fourth-order valence-electron chi connectivity index (χ4n) is 1.95. The van der Waals surface area contributed by atoms with E-state index < -0.39 is 5.69 Å². The first-order chi connectivity index (χ1) is 9.06. The monoisotopic (exact) mass is 292 g/mol. The average molecular weight is 293 g/mol. The van der Waals surface area contributed by atoms with Crippen LogP contribution in [-0.2, 0) is 0 Å². The van der Waals surface area contributed by atoms with Gasteiger partial charge in [0, 0.05) is 0 Å². The Morgan fingerprint density at radius 2 is 2.00 bits per heavy atom. The molecule has 0 saturated heterocycles. The number of fused-ring (bicyclic) bond motifs is 1. The van der Waals surface area contributed by atoms with E-state index in [1.54, 1.807) is 24.3 Å². The molecule has 3 rings (SSSR count). The maximum atomic E-state index is 12.4. The van der Waals surface area contributed by atoms with E-state index in [9.17, 15) is 9.59 Å². The van der Waals surface area contributed by atoms with E-state index in [4.69, 9.17) is 11.6 Å². The lowest BCUT2D eigenvalue weighted by atomic mass is 10.2. The van der Waals surface area contributed by atoms with E-state index in [0.717, 1.165) is 10.1 Å². The van der Waals surface area contributed by atoms with Crippen molar-refractivity contribution in [2.75, 3.05) is 0 Å². The van der Waals surface area contributed by atoms with E-state index in [1.807, 2.05) is 13.0 Å². The van der Waals surface area contributed by atoms with Crippen molar-refractivity contribution in [2.45, 2.75) is 6.92 Å². The number of thiophene rings is 1. The number of hydrogen-bond donors (Lipinski definition) is 1. The molecule has 3 aromatic rings. The first-order valence-electron chi connectivity index (χ1n) is 5.58. The predicted octanol–water partition coefficient (Wildman–Crippen LogP) is 2.70. The third kappa shape index (κ3) is 2.01. The Balaban J connectivity index is 2.43. The Morgan fingerprint density at radius 3 is 2.68 bits per heavy atom. The van der Waals surface area contributed by atoms with Crippen LogP contribution in [0.25, 0.3) is 15.9 Å². The van der Waals surface area contributed by atoms with Gasteiger partial charge >= 0.3 is 5.69 Å². The molecular formula is C13H9ClN2O2S. The quantitative estimate of drug-likeness (QED) is 0.750. The molecule has 0 aliphatic rings. The van der Waals surface area contributed by atoms with E-state index in [2.05, 4.69) is 4.98 Å². The number of rotatable bonds is 1. The molecule has 2 aromatic heterocycles. The minimum absolute atomic E-state index is 0.332. The summed E-state index contributed by atoms with van der Waals surface area (Å²) in [6, 6.07) is 8.67. The summed E-state index contributed by atoms with van der Waals surface area (Å²) in [4.78, 5) is 27.1. The highest BCUT2D eigenvalue weighted by molar-refractivity contribution is 7.18. The zero-order valence-electron chi connectivity index (χ0n) is 9.94. The summed E-state index contributed by atoms with van der Waals surface area (Å²) in [6.45, 7) is 1.90. The fraction of sp³-hybridized carbons (Fsp3) is 0.0769. The molecule has 0 amide bonds. The summed E-state index contributed by atoms with van der Waals surface area (Å²) in [6.07, 6.45) is 0. The third-order valence-corrected chi connectivity index (χ3v) is 4.05. The summed E-state index contributed by atoms with van der Waals surface area (Å²) >= 11 is 7.04. The summed E-state index contributed by atoms with van der Waals surface area (Å²) in [5.74, 6) is 0. The molecule has 1 aromatic carbocycles. The average Bonchev–Trinajstić information content (AvgIpc) is 2.77. The van der Waals surface area contributed by atoms with Gasteiger partial charge in [0.05, 0.1) is 15.2 Å². The van der Waals surface area contributed by atoms with Gasteiger partial charge in [-0.2, -0.15) is 0 Å². The minimum atomic E-state index is -0.458. The molecule has 2 heterocycles. The Morgan fingerprint density at radius 1 is 1.21 bits per heavy atom. The molecule has 0 saturated carbocycles. The van der Waals surface area contributed by atoms with E-state index >= 15 is 0 Å². The molecule has 6 heteroatoms. The third-order valence-electron chi connectivity index (χ3n) is 2.83. The van der Waals surface area contributed by atoms with Crippen LogP contribution in [0.15, 0.2) is 39.9 Å². The van der Waals surface area contributed by atoms with Crippen LogP contribution < -0.4 is 11.2 Å². The SMILES string of the molecule is Cc1ccc2[nH]c(=O)n(-c3ccc(Cl)s3)c(=O)c2c1. The van der Waals surface area contributed by atoms with Gasteiger partial charge in [0.1, 0.15) is 5.00 Å². The molecule has 0 fully saturated rings. The van der Waals surface area contributed by atoms with Crippen molar-refractivity contribution in [3.63, 3.8) is 0 Å². The topological polar surface area (TPSA) is 54.9 Å². The van der Waals surface area contributed by atoms with Crippen LogP contribution in [0.4, 0.5) is 0 Å². The molecule has 0 spiro atoms. The molecule has 0 unspecified atom stereocenters. The van der Waals surface area contributed by atoms with Crippen LogP contribution in [0.1, 0.15) is 5.56 Å². The van der Waals surface area contributed by atoms with Crippen molar-refractivity contribution >= 4 is 33.8 Å². The molecule has 19 heavy (non-hydrogen) atoms. The van der Waals surface area contributed by atoms with Gasteiger partial charge in [-0.1, -0.05) is 23.2 Å². The van der Waals surface area contributed by atoms with Gasteiger partial charge in [-0.3, -0.25) is 4.79 Å². The number of aromatic amines is 1. The standard InChI is InChI=1S/C13H9ClN2O2S/c1-7-2-3-9-8(6-7)12(17)16(13(18)15-9)11-5-4-10(14)19-11/h2-6H,1H3,(H,15,18). The van der Waals surface area contributed by atoms with Gasteiger partial charge < -0.3 is 4.98 Å². The second-order valence-corrected chi connectivity index (χ2v) is 5.89. The Hall–Kier alpha value is -1.85. The predicted molar refractivity (Wildman–Crippen MR) is 77.8 cm³/mol. The van der Waals surface area contributed by atoms with Gasteiger partial charge in [-0.25, -0.2) is 9.36 Å². The first-order valence-corrected chi connectivity index (χ1v) is 6.77. The summed E-state index contributed by atoms with van der Waals surface area (Å²) in [7, 11) is 0. The highest BCUT2D eigenvalue weighted by Crippen LogP contribution is 2.23. The lowest BCUT2D eigenvalue weighted by Gasteiger charge is -2.04. The van der Waals surface area contributed by atoms with Crippen LogP contribution in [-0.4, -0.2) is 9.55 Å². The van der Waals surface area contributed by atoms with E-state index in [-0.39, 0.29) is 5.56 Å². The normalized spacial score (nSPS) is 11.1. The molecule has 96 valence electrons. The van der Waals surface area contributed by atoms with E-state index in [1.165, 1.54) is 11.3 Å². The van der Waals surface area contributed by atoms with Crippen LogP contribution in [0.5, 0.6) is 0 Å². The van der Waals surface area contributed by atoms with Crippen molar-refractivity contribution < 1.29 is 0 Å². The second-order valence-electron chi connectivity index (χ2n) is 4.20. The lowest BCUT2D eigenvalue weighted by Crippen LogP contribution is -2.33. The van der Waals surface area contributed by atoms with Crippen molar-refractivity contribution in [2.24, 2.45) is 0 Å². The van der Waals surface area contributed by atoms with Gasteiger partial charge in [0.15, 0.2) is 0 Å². The van der Waals surface area contributed by atoms with E-state index in [0.29, 0.717) is 20.2 Å². The number of H-pyrrole nitrogens is 1. The zero-order chi connectivity index (χ0) is 13.6. The summed E-state index contributed by atoms with van der Waals surface area (Å²) in [5, 5.41) is 1.00. The summed E-state index contributed by atoms with van der Waals surface area (Å²) in [5.41, 5.74) is 0.716. The Labute approximate surface area is 116 Å².